The molecule has 0 N–H and O–H groups in total. The van der Waals surface area contributed by atoms with Crippen LogP contribution in [0, 0.1) is 0 Å². The molecule has 0 aliphatic heterocycles. The van der Waals surface area contributed by atoms with Crippen molar-refractivity contribution in [3.63, 3.8) is 0 Å². The van der Waals surface area contributed by atoms with E-state index in [0.29, 0.717) is 12.1 Å². The third-order valence-corrected chi connectivity index (χ3v) is 5.03. The Hall–Kier alpha value is -1.72. The van der Waals surface area contributed by atoms with Crippen molar-refractivity contribution >= 4 is 38.3 Å². The number of methoxy groups -OCH3 is 2. The number of alkyl halides is 6. The van der Waals surface area contributed by atoms with Crippen molar-refractivity contribution in [2.45, 2.75) is 12.4 Å². The maximum atomic E-state index is 13.5. The van der Waals surface area contributed by atoms with E-state index in [1.54, 1.807) is 6.07 Å². The van der Waals surface area contributed by atoms with E-state index in [2.05, 4.69) is 4.74 Å². The van der Waals surface area contributed by atoms with Gasteiger partial charge in [-0.2, -0.15) is 26.3 Å². The standard InChI is InChI=1S/C19H17F6O4P.Li.H/c1-27-7-8-29-14-5-3-4-6-15(14)30-17(26)16-12(18(20,21)22)9-11(28-2)10-13(16)19(23,24)25;;/h3-6,9-10,30H,7-8H2,1-2H3;;. The molecule has 0 saturated heterocycles. The average molecular weight is 462 g/mol. The number of benzene rings is 2. The molecule has 0 fully saturated rings. The number of halogens is 6. The predicted molar refractivity (Wildman–Crippen MR) is 106 cm³/mol. The van der Waals surface area contributed by atoms with Crippen molar-refractivity contribution < 1.29 is 45.3 Å². The number of para-hydroxylation sites is 1. The molecule has 0 saturated carbocycles. The van der Waals surface area contributed by atoms with E-state index in [1.165, 1.54) is 25.3 Å². The monoisotopic (exact) mass is 462 g/mol. The molecular formula is C19H18F6LiO4P. The van der Waals surface area contributed by atoms with Gasteiger partial charge >= 0.3 is 31.2 Å². The SMILES string of the molecule is COCCOc1ccccc1PC(=O)c1c(C(F)(F)F)cc(OC)cc1C(F)(F)F.[LiH]. The van der Waals surface area contributed by atoms with Crippen LogP contribution in [0.3, 0.4) is 0 Å². The van der Waals surface area contributed by atoms with E-state index < -0.39 is 48.9 Å². The van der Waals surface area contributed by atoms with Gasteiger partial charge < -0.3 is 14.2 Å². The van der Waals surface area contributed by atoms with Crippen LogP contribution in [0.1, 0.15) is 21.5 Å². The summed E-state index contributed by atoms with van der Waals surface area (Å²) in [6.45, 7) is 0.302. The zero-order valence-electron chi connectivity index (χ0n) is 15.8. The van der Waals surface area contributed by atoms with Gasteiger partial charge in [0.05, 0.1) is 24.8 Å². The zero-order valence-corrected chi connectivity index (χ0v) is 16.8. The summed E-state index contributed by atoms with van der Waals surface area (Å²) in [6, 6.07) is 6.71. The maximum absolute atomic E-state index is 13.5. The second kappa shape index (κ2) is 11.2. The van der Waals surface area contributed by atoms with Crippen LogP contribution in [0.5, 0.6) is 11.5 Å². The van der Waals surface area contributed by atoms with Crippen molar-refractivity contribution in [3.05, 3.63) is 53.1 Å². The molecule has 166 valence electrons. The van der Waals surface area contributed by atoms with E-state index in [4.69, 9.17) is 9.47 Å². The number of hydrogen-bond acceptors (Lipinski definition) is 4. The Bertz CT molecular complexity index is 867. The normalized spacial score (nSPS) is 12.0. The summed E-state index contributed by atoms with van der Waals surface area (Å²) in [4.78, 5) is 12.7. The van der Waals surface area contributed by atoms with Crippen LogP contribution in [-0.2, 0) is 17.1 Å². The Balaban J connectivity index is 0.00000480. The molecule has 0 bridgehead atoms. The van der Waals surface area contributed by atoms with E-state index in [1.807, 2.05) is 0 Å². The fraction of sp³-hybridized carbons (Fsp3) is 0.316. The van der Waals surface area contributed by atoms with Gasteiger partial charge in [-0.15, -0.1) is 0 Å². The Morgan fingerprint density at radius 3 is 1.97 bits per heavy atom. The first kappa shape index (κ1) is 27.3. The number of ether oxygens (including phenoxy) is 3. The second-order valence-electron chi connectivity index (χ2n) is 5.88. The summed E-state index contributed by atoms with van der Waals surface area (Å²) in [5.74, 6) is -0.477. The van der Waals surface area contributed by atoms with Gasteiger partial charge in [-0.05, 0) is 26.8 Å². The van der Waals surface area contributed by atoms with E-state index in [0.717, 1.165) is 7.11 Å². The first-order valence-electron chi connectivity index (χ1n) is 8.37. The number of carbonyl (C=O) groups is 1. The number of hydrogen-bond donors (Lipinski definition) is 0. The van der Waals surface area contributed by atoms with Crippen LogP contribution in [0.4, 0.5) is 26.3 Å². The molecule has 0 radical (unpaired) electrons. The summed E-state index contributed by atoms with van der Waals surface area (Å²) in [5, 5.41) is 0.177. The molecule has 12 heteroatoms. The van der Waals surface area contributed by atoms with Gasteiger partial charge in [-0.1, -0.05) is 18.2 Å². The van der Waals surface area contributed by atoms with Crippen LogP contribution < -0.4 is 14.8 Å². The average Bonchev–Trinajstić information content (AvgIpc) is 2.67. The molecule has 1 atom stereocenters. The van der Waals surface area contributed by atoms with Crippen LogP contribution in [-0.4, -0.2) is 51.8 Å². The summed E-state index contributed by atoms with van der Waals surface area (Å²) in [7, 11) is 1.34. The third kappa shape index (κ3) is 7.14. The van der Waals surface area contributed by atoms with Gasteiger partial charge in [0.1, 0.15) is 18.1 Å². The molecular weight excluding hydrogens is 444 g/mol. The molecule has 0 amide bonds. The topological polar surface area (TPSA) is 44.8 Å². The zero-order chi connectivity index (χ0) is 22.5. The summed E-state index contributed by atoms with van der Waals surface area (Å²) in [6.07, 6.45) is -10.4. The third-order valence-electron chi connectivity index (χ3n) is 3.87. The van der Waals surface area contributed by atoms with Gasteiger partial charge in [-0.3, -0.25) is 4.79 Å². The molecule has 2 aromatic carbocycles. The first-order chi connectivity index (χ1) is 14.0. The van der Waals surface area contributed by atoms with Crippen molar-refractivity contribution in [2.75, 3.05) is 27.4 Å². The van der Waals surface area contributed by atoms with E-state index in [-0.39, 0.29) is 43.1 Å². The summed E-state index contributed by atoms with van der Waals surface area (Å²) < 4.78 is 95.9. The van der Waals surface area contributed by atoms with Crippen molar-refractivity contribution in [3.8, 4) is 11.5 Å². The molecule has 2 aromatic rings. The molecule has 0 aromatic heterocycles. The molecule has 4 nitrogen and oxygen atoms in total. The first-order valence-corrected chi connectivity index (χ1v) is 9.37. The Morgan fingerprint density at radius 1 is 0.935 bits per heavy atom. The fourth-order valence-corrected chi connectivity index (χ4v) is 3.64. The van der Waals surface area contributed by atoms with Crippen molar-refractivity contribution in [1.82, 2.24) is 0 Å². The molecule has 0 heterocycles. The quantitative estimate of drug-likeness (QED) is 0.255. The van der Waals surface area contributed by atoms with Gasteiger partial charge in [-0.25, -0.2) is 0 Å². The van der Waals surface area contributed by atoms with Crippen LogP contribution in [0.15, 0.2) is 36.4 Å². The second-order valence-corrected chi connectivity index (χ2v) is 7.13. The molecule has 0 aliphatic carbocycles. The van der Waals surface area contributed by atoms with Crippen molar-refractivity contribution in [2.24, 2.45) is 0 Å². The summed E-state index contributed by atoms with van der Waals surface area (Å²) in [5.41, 5.74) is -6.17. The number of rotatable bonds is 8. The van der Waals surface area contributed by atoms with Crippen molar-refractivity contribution in [1.29, 1.82) is 0 Å². The summed E-state index contributed by atoms with van der Waals surface area (Å²) >= 11 is 0. The molecule has 0 aliphatic rings. The van der Waals surface area contributed by atoms with E-state index >= 15 is 0 Å². The van der Waals surface area contributed by atoms with Gasteiger partial charge in [0.15, 0.2) is 5.52 Å². The Kier molecular flexibility index (Phi) is 9.90. The van der Waals surface area contributed by atoms with Gasteiger partial charge in [0.25, 0.3) is 0 Å². The predicted octanol–water partition coefficient (Wildman–Crippen LogP) is 4.25. The molecule has 31 heavy (non-hydrogen) atoms. The minimum absolute atomic E-state index is 0. The van der Waals surface area contributed by atoms with Gasteiger partial charge in [0, 0.05) is 18.0 Å². The van der Waals surface area contributed by atoms with Crippen LogP contribution in [0.2, 0.25) is 0 Å². The Labute approximate surface area is 188 Å². The Morgan fingerprint density at radius 2 is 1.48 bits per heavy atom. The van der Waals surface area contributed by atoms with Crippen LogP contribution in [0.25, 0.3) is 0 Å². The van der Waals surface area contributed by atoms with Crippen LogP contribution >= 0.6 is 8.58 Å². The minimum atomic E-state index is -5.20. The molecule has 1 unspecified atom stereocenters. The molecule has 2 rings (SSSR count). The fourth-order valence-electron chi connectivity index (χ4n) is 2.54. The van der Waals surface area contributed by atoms with E-state index in [9.17, 15) is 31.1 Å². The number of carbonyl (C=O) groups excluding carboxylic acids is 1. The molecule has 0 spiro atoms. The van der Waals surface area contributed by atoms with Gasteiger partial charge in [0.2, 0.25) is 0 Å².